The van der Waals surface area contributed by atoms with Gasteiger partial charge in [-0.3, -0.25) is 0 Å². The van der Waals surface area contributed by atoms with E-state index in [1.165, 1.54) is 6.07 Å². The van der Waals surface area contributed by atoms with Crippen LogP contribution in [0, 0.1) is 0 Å². The number of nitrogens with zero attached hydrogens (tertiary/aromatic N) is 1. The van der Waals surface area contributed by atoms with Gasteiger partial charge in [-0.05, 0) is 30.7 Å². The third-order valence-corrected chi connectivity index (χ3v) is 2.86. The molecule has 1 heterocycles. The standard InChI is InChI=1S/C15H16N2O3/c1-3-11-8-10(15(18)19)9-14(16-11)17-12-6-4-5-7-13(12)20-2/h4-9H,3H2,1-2H3,(H,16,17)(H,18,19). The number of rotatable bonds is 5. The normalized spacial score (nSPS) is 10.1. The van der Waals surface area contributed by atoms with Crippen molar-refractivity contribution in [1.82, 2.24) is 4.98 Å². The van der Waals surface area contributed by atoms with Gasteiger partial charge >= 0.3 is 5.97 Å². The Bertz CT molecular complexity index is 626. The second kappa shape index (κ2) is 6.06. The fraction of sp³-hybridized carbons (Fsp3) is 0.200. The summed E-state index contributed by atoms with van der Waals surface area (Å²) >= 11 is 0. The van der Waals surface area contributed by atoms with E-state index in [1.54, 1.807) is 13.2 Å². The summed E-state index contributed by atoms with van der Waals surface area (Å²) in [5, 5.41) is 12.2. The maximum atomic E-state index is 11.1. The van der Waals surface area contributed by atoms with Crippen LogP contribution in [0.1, 0.15) is 23.0 Å². The second-order valence-electron chi connectivity index (χ2n) is 4.22. The number of benzene rings is 1. The summed E-state index contributed by atoms with van der Waals surface area (Å²) in [7, 11) is 1.58. The molecule has 0 amide bonds. The number of anilines is 2. The van der Waals surface area contributed by atoms with E-state index in [1.807, 2.05) is 31.2 Å². The van der Waals surface area contributed by atoms with Gasteiger partial charge in [0.05, 0.1) is 18.4 Å². The zero-order valence-corrected chi connectivity index (χ0v) is 11.4. The molecule has 20 heavy (non-hydrogen) atoms. The minimum atomic E-state index is -0.967. The van der Waals surface area contributed by atoms with E-state index in [4.69, 9.17) is 9.84 Å². The van der Waals surface area contributed by atoms with Crippen LogP contribution >= 0.6 is 0 Å². The molecule has 0 aliphatic carbocycles. The zero-order valence-electron chi connectivity index (χ0n) is 11.4. The van der Waals surface area contributed by atoms with Crippen molar-refractivity contribution in [3.8, 4) is 5.75 Å². The predicted octanol–water partition coefficient (Wildman–Crippen LogP) is 3.09. The molecular weight excluding hydrogens is 256 g/mol. The highest BCUT2D eigenvalue weighted by Crippen LogP contribution is 2.26. The van der Waals surface area contributed by atoms with Crippen molar-refractivity contribution in [3.05, 3.63) is 47.7 Å². The Balaban J connectivity index is 2.37. The number of ether oxygens (including phenoxy) is 1. The van der Waals surface area contributed by atoms with Gasteiger partial charge in [0.1, 0.15) is 11.6 Å². The van der Waals surface area contributed by atoms with Crippen LogP contribution in [0.5, 0.6) is 5.75 Å². The first-order chi connectivity index (χ1) is 9.63. The maximum absolute atomic E-state index is 11.1. The third-order valence-electron chi connectivity index (χ3n) is 2.86. The molecule has 0 atom stereocenters. The number of carbonyl (C=O) groups is 1. The maximum Gasteiger partial charge on any atom is 0.335 e. The minimum absolute atomic E-state index is 0.217. The molecule has 0 aliphatic rings. The van der Waals surface area contributed by atoms with Crippen molar-refractivity contribution < 1.29 is 14.6 Å². The van der Waals surface area contributed by atoms with Gasteiger partial charge in [-0.25, -0.2) is 9.78 Å². The van der Waals surface area contributed by atoms with Crippen LogP contribution in [0.3, 0.4) is 0 Å². The molecule has 5 heteroatoms. The summed E-state index contributed by atoms with van der Waals surface area (Å²) in [4.78, 5) is 15.5. The summed E-state index contributed by atoms with van der Waals surface area (Å²) in [6.07, 6.45) is 0.668. The number of hydrogen-bond donors (Lipinski definition) is 2. The molecular formula is C15H16N2O3. The summed E-state index contributed by atoms with van der Waals surface area (Å²) in [5.74, 6) is 0.199. The highest BCUT2D eigenvalue weighted by molar-refractivity contribution is 5.89. The highest BCUT2D eigenvalue weighted by atomic mass is 16.5. The van der Waals surface area contributed by atoms with Crippen LogP contribution in [0.15, 0.2) is 36.4 Å². The highest BCUT2D eigenvalue weighted by Gasteiger charge is 2.09. The lowest BCUT2D eigenvalue weighted by Crippen LogP contribution is -2.04. The molecule has 104 valence electrons. The van der Waals surface area contributed by atoms with Crippen molar-refractivity contribution in [2.24, 2.45) is 0 Å². The Morgan fingerprint density at radius 2 is 2.10 bits per heavy atom. The van der Waals surface area contributed by atoms with Gasteiger partial charge in [-0.15, -0.1) is 0 Å². The van der Waals surface area contributed by atoms with E-state index in [9.17, 15) is 4.79 Å². The molecule has 1 aromatic carbocycles. The molecule has 2 N–H and O–H groups in total. The Labute approximate surface area is 117 Å². The Morgan fingerprint density at radius 1 is 1.35 bits per heavy atom. The van der Waals surface area contributed by atoms with Crippen molar-refractivity contribution in [3.63, 3.8) is 0 Å². The quantitative estimate of drug-likeness (QED) is 0.875. The fourth-order valence-electron chi connectivity index (χ4n) is 1.84. The van der Waals surface area contributed by atoms with Crippen LogP contribution in [0.25, 0.3) is 0 Å². The van der Waals surface area contributed by atoms with Gasteiger partial charge in [-0.2, -0.15) is 0 Å². The zero-order chi connectivity index (χ0) is 14.5. The van der Waals surface area contributed by atoms with Gasteiger partial charge in [0.2, 0.25) is 0 Å². The fourth-order valence-corrected chi connectivity index (χ4v) is 1.84. The van der Waals surface area contributed by atoms with E-state index < -0.39 is 5.97 Å². The first kappa shape index (κ1) is 13.9. The predicted molar refractivity (Wildman–Crippen MR) is 76.9 cm³/mol. The number of hydrogen-bond acceptors (Lipinski definition) is 4. The van der Waals surface area contributed by atoms with Crippen molar-refractivity contribution in [2.75, 3.05) is 12.4 Å². The van der Waals surface area contributed by atoms with Crippen LogP contribution in [-0.4, -0.2) is 23.2 Å². The van der Waals surface area contributed by atoms with Gasteiger partial charge in [0.25, 0.3) is 0 Å². The Morgan fingerprint density at radius 3 is 2.75 bits per heavy atom. The lowest BCUT2D eigenvalue weighted by molar-refractivity contribution is 0.0696. The van der Waals surface area contributed by atoms with Crippen LogP contribution in [0.2, 0.25) is 0 Å². The van der Waals surface area contributed by atoms with Crippen molar-refractivity contribution in [2.45, 2.75) is 13.3 Å². The van der Waals surface area contributed by atoms with Gasteiger partial charge in [-0.1, -0.05) is 19.1 Å². The van der Waals surface area contributed by atoms with E-state index in [0.717, 1.165) is 11.4 Å². The molecule has 0 saturated carbocycles. The topological polar surface area (TPSA) is 71.5 Å². The average molecular weight is 272 g/mol. The number of pyridine rings is 1. The van der Waals surface area contributed by atoms with Crippen LogP contribution in [-0.2, 0) is 6.42 Å². The summed E-state index contributed by atoms with van der Waals surface area (Å²) in [6, 6.07) is 10.5. The van der Waals surface area contributed by atoms with Gasteiger partial charge in [0.15, 0.2) is 0 Å². The average Bonchev–Trinajstić information content (AvgIpc) is 2.47. The summed E-state index contributed by atoms with van der Waals surface area (Å²) in [5.41, 5.74) is 1.68. The van der Waals surface area contributed by atoms with E-state index in [0.29, 0.717) is 18.0 Å². The lowest BCUT2D eigenvalue weighted by atomic mass is 10.2. The largest absolute Gasteiger partial charge is 0.495 e. The minimum Gasteiger partial charge on any atom is -0.495 e. The van der Waals surface area contributed by atoms with Crippen LogP contribution in [0.4, 0.5) is 11.5 Å². The molecule has 2 aromatic rings. The van der Waals surface area contributed by atoms with E-state index >= 15 is 0 Å². The molecule has 0 fully saturated rings. The first-order valence-corrected chi connectivity index (χ1v) is 6.28. The monoisotopic (exact) mass is 272 g/mol. The van der Waals surface area contributed by atoms with E-state index in [2.05, 4.69) is 10.3 Å². The SMILES string of the molecule is CCc1cc(C(=O)O)cc(Nc2ccccc2OC)n1. The number of aryl methyl sites for hydroxylation is 1. The molecule has 0 radical (unpaired) electrons. The van der Waals surface area contributed by atoms with Crippen molar-refractivity contribution in [1.29, 1.82) is 0 Å². The molecule has 0 saturated heterocycles. The number of methoxy groups -OCH3 is 1. The molecule has 0 unspecified atom stereocenters. The third kappa shape index (κ3) is 3.06. The number of carboxylic acids is 1. The number of aromatic nitrogens is 1. The lowest BCUT2D eigenvalue weighted by Gasteiger charge is -2.11. The second-order valence-corrected chi connectivity index (χ2v) is 4.22. The molecule has 1 aromatic heterocycles. The number of para-hydroxylation sites is 2. The first-order valence-electron chi connectivity index (χ1n) is 6.28. The van der Waals surface area contributed by atoms with E-state index in [-0.39, 0.29) is 5.56 Å². The molecule has 0 spiro atoms. The molecule has 0 aliphatic heterocycles. The summed E-state index contributed by atoms with van der Waals surface area (Å²) < 4.78 is 5.25. The van der Waals surface area contributed by atoms with Gasteiger partial charge < -0.3 is 15.2 Å². The number of aromatic carboxylic acids is 1. The molecule has 0 bridgehead atoms. The van der Waals surface area contributed by atoms with Crippen LogP contribution < -0.4 is 10.1 Å². The molecule has 5 nitrogen and oxygen atoms in total. The molecule has 2 rings (SSSR count). The number of carboxylic acid groups (broad SMARTS) is 1. The smallest absolute Gasteiger partial charge is 0.335 e. The Kier molecular flexibility index (Phi) is 4.20. The Hall–Kier alpha value is -2.56. The van der Waals surface area contributed by atoms with Gasteiger partial charge in [0, 0.05) is 5.69 Å². The van der Waals surface area contributed by atoms with Crippen molar-refractivity contribution >= 4 is 17.5 Å². The number of nitrogens with one attached hydrogen (secondary N) is 1. The summed E-state index contributed by atoms with van der Waals surface area (Å²) in [6.45, 7) is 1.93.